The van der Waals surface area contributed by atoms with Crippen molar-refractivity contribution in [3.8, 4) is 0 Å². The third kappa shape index (κ3) is 5.49. The lowest BCUT2D eigenvalue weighted by Crippen LogP contribution is -2.48. The molecular weight excluding hydrogens is 238 g/mol. The number of likely N-dealkylation sites (N-methyl/N-ethyl adjacent to an activating group) is 1. The Morgan fingerprint density at radius 3 is 2.58 bits per heavy atom. The SMILES string of the molecule is CCN(CC(=O)NC(C)C)C1CCCCCC1CN. The van der Waals surface area contributed by atoms with Crippen LogP contribution in [0.15, 0.2) is 0 Å². The van der Waals surface area contributed by atoms with E-state index in [0.717, 1.165) is 13.1 Å². The van der Waals surface area contributed by atoms with Crippen molar-refractivity contribution in [3.63, 3.8) is 0 Å². The first kappa shape index (κ1) is 16.4. The van der Waals surface area contributed by atoms with E-state index in [0.29, 0.717) is 18.5 Å². The molecule has 1 aliphatic rings. The van der Waals surface area contributed by atoms with E-state index in [1.807, 2.05) is 13.8 Å². The van der Waals surface area contributed by atoms with E-state index in [2.05, 4.69) is 17.1 Å². The van der Waals surface area contributed by atoms with Gasteiger partial charge in [0, 0.05) is 12.1 Å². The molecule has 0 spiro atoms. The number of nitrogens with two attached hydrogens (primary N) is 1. The molecule has 0 bridgehead atoms. The monoisotopic (exact) mass is 269 g/mol. The van der Waals surface area contributed by atoms with Crippen molar-refractivity contribution in [1.82, 2.24) is 10.2 Å². The van der Waals surface area contributed by atoms with E-state index in [4.69, 9.17) is 5.73 Å². The zero-order chi connectivity index (χ0) is 14.3. The topological polar surface area (TPSA) is 58.4 Å². The molecule has 112 valence electrons. The molecule has 0 aromatic carbocycles. The van der Waals surface area contributed by atoms with Crippen LogP contribution in [0.2, 0.25) is 0 Å². The van der Waals surface area contributed by atoms with Gasteiger partial charge >= 0.3 is 0 Å². The molecule has 4 heteroatoms. The van der Waals surface area contributed by atoms with Gasteiger partial charge in [0.1, 0.15) is 0 Å². The predicted octanol–water partition coefficient (Wildman–Crippen LogP) is 1.74. The molecule has 19 heavy (non-hydrogen) atoms. The number of hydrogen-bond donors (Lipinski definition) is 2. The number of rotatable bonds is 6. The van der Waals surface area contributed by atoms with Gasteiger partial charge in [0.15, 0.2) is 0 Å². The number of hydrogen-bond acceptors (Lipinski definition) is 3. The zero-order valence-corrected chi connectivity index (χ0v) is 12.8. The maximum absolute atomic E-state index is 12.0. The highest BCUT2D eigenvalue weighted by molar-refractivity contribution is 5.78. The molecule has 4 nitrogen and oxygen atoms in total. The van der Waals surface area contributed by atoms with Crippen LogP contribution in [-0.2, 0) is 4.79 Å². The van der Waals surface area contributed by atoms with Crippen molar-refractivity contribution in [1.29, 1.82) is 0 Å². The van der Waals surface area contributed by atoms with Gasteiger partial charge in [-0.1, -0.05) is 26.2 Å². The Balaban J connectivity index is 2.62. The van der Waals surface area contributed by atoms with Gasteiger partial charge in [-0.2, -0.15) is 0 Å². The van der Waals surface area contributed by atoms with Crippen LogP contribution in [0.1, 0.15) is 52.9 Å². The summed E-state index contributed by atoms with van der Waals surface area (Å²) in [6, 6.07) is 0.695. The van der Waals surface area contributed by atoms with Crippen LogP contribution in [0.3, 0.4) is 0 Å². The summed E-state index contributed by atoms with van der Waals surface area (Å²) >= 11 is 0. The summed E-state index contributed by atoms with van der Waals surface area (Å²) in [7, 11) is 0. The predicted molar refractivity (Wildman–Crippen MR) is 79.9 cm³/mol. The molecule has 1 aliphatic carbocycles. The summed E-state index contributed by atoms with van der Waals surface area (Å²) in [5, 5.41) is 2.98. The molecule has 2 atom stereocenters. The fourth-order valence-electron chi connectivity index (χ4n) is 3.14. The van der Waals surface area contributed by atoms with Crippen LogP contribution >= 0.6 is 0 Å². The van der Waals surface area contributed by atoms with Crippen LogP contribution in [0.5, 0.6) is 0 Å². The second-order valence-corrected chi connectivity index (χ2v) is 5.99. The van der Waals surface area contributed by atoms with Crippen molar-refractivity contribution >= 4 is 5.91 Å². The molecule has 0 saturated heterocycles. The van der Waals surface area contributed by atoms with E-state index in [1.54, 1.807) is 0 Å². The molecule has 2 unspecified atom stereocenters. The van der Waals surface area contributed by atoms with Gasteiger partial charge in [0.2, 0.25) is 5.91 Å². The normalized spacial score (nSPS) is 24.5. The summed E-state index contributed by atoms with van der Waals surface area (Å²) in [4.78, 5) is 14.3. The Hall–Kier alpha value is -0.610. The Bertz CT molecular complexity index is 268. The first-order valence-electron chi connectivity index (χ1n) is 7.82. The molecule has 0 aromatic rings. The highest BCUT2D eigenvalue weighted by Gasteiger charge is 2.28. The number of carbonyl (C=O) groups is 1. The van der Waals surface area contributed by atoms with Crippen LogP contribution in [0, 0.1) is 5.92 Å². The minimum Gasteiger partial charge on any atom is -0.353 e. The highest BCUT2D eigenvalue weighted by Crippen LogP contribution is 2.26. The van der Waals surface area contributed by atoms with Crippen LogP contribution in [0.25, 0.3) is 0 Å². The average Bonchev–Trinajstić information content (AvgIpc) is 2.59. The van der Waals surface area contributed by atoms with Crippen molar-refractivity contribution in [2.24, 2.45) is 11.7 Å². The fraction of sp³-hybridized carbons (Fsp3) is 0.933. The molecule has 0 radical (unpaired) electrons. The largest absolute Gasteiger partial charge is 0.353 e. The van der Waals surface area contributed by atoms with Gasteiger partial charge < -0.3 is 11.1 Å². The molecule has 0 heterocycles. The van der Waals surface area contributed by atoms with Crippen LogP contribution in [0.4, 0.5) is 0 Å². The Morgan fingerprint density at radius 1 is 1.32 bits per heavy atom. The Kier molecular flexibility index (Phi) is 7.39. The van der Waals surface area contributed by atoms with Crippen molar-refractivity contribution in [2.75, 3.05) is 19.6 Å². The minimum absolute atomic E-state index is 0.136. The van der Waals surface area contributed by atoms with Crippen molar-refractivity contribution in [3.05, 3.63) is 0 Å². The van der Waals surface area contributed by atoms with Crippen LogP contribution < -0.4 is 11.1 Å². The number of carbonyl (C=O) groups excluding carboxylic acids is 1. The third-order valence-corrected chi connectivity index (χ3v) is 4.09. The summed E-state index contributed by atoms with van der Waals surface area (Å²) in [5.41, 5.74) is 5.94. The van der Waals surface area contributed by atoms with Gasteiger partial charge in [-0.05, 0) is 45.7 Å². The molecule has 1 saturated carbocycles. The molecule has 1 fully saturated rings. The lowest BCUT2D eigenvalue weighted by Gasteiger charge is -2.35. The lowest BCUT2D eigenvalue weighted by molar-refractivity contribution is -0.123. The number of nitrogens with one attached hydrogen (secondary N) is 1. The van der Waals surface area contributed by atoms with E-state index in [9.17, 15) is 4.79 Å². The summed E-state index contributed by atoms with van der Waals surface area (Å²) < 4.78 is 0. The molecule has 1 rings (SSSR count). The Labute approximate surface area is 118 Å². The van der Waals surface area contributed by atoms with E-state index in [-0.39, 0.29) is 11.9 Å². The maximum Gasteiger partial charge on any atom is 0.234 e. The maximum atomic E-state index is 12.0. The van der Waals surface area contributed by atoms with Gasteiger partial charge in [-0.25, -0.2) is 0 Å². The molecule has 0 aromatic heterocycles. The van der Waals surface area contributed by atoms with Gasteiger partial charge in [-0.15, -0.1) is 0 Å². The minimum atomic E-state index is 0.136. The summed E-state index contributed by atoms with van der Waals surface area (Å²) in [6.07, 6.45) is 6.26. The summed E-state index contributed by atoms with van der Waals surface area (Å²) in [6.45, 7) is 8.32. The lowest BCUT2D eigenvalue weighted by atomic mass is 9.93. The van der Waals surface area contributed by atoms with Gasteiger partial charge in [0.25, 0.3) is 0 Å². The zero-order valence-electron chi connectivity index (χ0n) is 12.8. The van der Waals surface area contributed by atoms with Crippen molar-refractivity contribution < 1.29 is 4.79 Å². The highest BCUT2D eigenvalue weighted by atomic mass is 16.2. The average molecular weight is 269 g/mol. The van der Waals surface area contributed by atoms with Crippen molar-refractivity contribution in [2.45, 2.75) is 65.0 Å². The second-order valence-electron chi connectivity index (χ2n) is 5.99. The number of amides is 1. The van der Waals surface area contributed by atoms with E-state index < -0.39 is 0 Å². The molecule has 3 N–H and O–H groups in total. The molecule has 1 amide bonds. The van der Waals surface area contributed by atoms with E-state index in [1.165, 1.54) is 32.1 Å². The first-order chi connectivity index (χ1) is 9.08. The fourth-order valence-corrected chi connectivity index (χ4v) is 3.14. The van der Waals surface area contributed by atoms with Crippen LogP contribution in [-0.4, -0.2) is 42.5 Å². The standard InChI is InChI=1S/C15H31N3O/c1-4-18(11-15(19)17-12(2)3)14-9-7-5-6-8-13(14)10-16/h12-14H,4-11,16H2,1-3H3,(H,17,19). The molecule has 0 aliphatic heterocycles. The second kappa shape index (κ2) is 8.54. The Morgan fingerprint density at radius 2 is 2.00 bits per heavy atom. The molecular formula is C15H31N3O. The van der Waals surface area contributed by atoms with Gasteiger partial charge in [0.05, 0.1) is 6.54 Å². The quantitative estimate of drug-likeness (QED) is 0.722. The number of nitrogens with zero attached hydrogens (tertiary/aromatic N) is 1. The van der Waals surface area contributed by atoms with E-state index >= 15 is 0 Å². The van der Waals surface area contributed by atoms with Gasteiger partial charge in [-0.3, -0.25) is 9.69 Å². The third-order valence-electron chi connectivity index (χ3n) is 4.09. The first-order valence-corrected chi connectivity index (χ1v) is 7.82. The summed E-state index contributed by atoms with van der Waals surface area (Å²) in [5.74, 6) is 0.686. The smallest absolute Gasteiger partial charge is 0.234 e.